The number of carbonyl (C=O) groups is 1. The largest absolute Gasteiger partial charge is 0.398 e. The van der Waals surface area contributed by atoms with Crippen molar-refractivity contribution in [2.75, 3.05) is 16.8 Å². The molecule has 2 aromatic carbocycles. The zero-order valence-electron chi connectivity index (χ0n) is 11.3. The molecule has 0 bridgehead atoms. The summed E-state index contributed by atoms with van der Waals surface area (Å²) in [6.07, 6.45) is 0. The number of carbonyl (C=O) groups excluding carboxylic acids is 1. The zero-order valence-corrected chi connectivity index (χ0v) is 12.9. The highest BCUT2D eigenvalue weighted by Gasteiger charge is 2.08. The van der Waals surface area contributed by atoms with E-state index in [1.165, 1.54) is 30.0 Å². The molecule has 0 saturated heterocycles. The number of hydrogen-bond acceptors (Lipinski definition) is 3. The van der Waals surface area contributed by atoms with Crippen molar-refractivity contribution in [1.29, 1.82) is 0 Å². The van der Waals surface area contributed by atoms with E-state index in [2.05, 4.69) is 5.32 Å². The molecule has 3 N–H and O–H groups in total. The maximum absolute atomic E-state index is 13.0. The highest BCUT2D eigenvalue weighted by molar-refractivity contribution is 8.00. The van der Waals surface area contributed by atoms with Crippen LogP contribution in [0.5, 0.6) is 0 Å². The summed E-state index contributed by atoms with van der Waals surface area (Å²) in [4.78, 5) is 12.7. The highest BCUT2D eigenvalue weighted by atomic mass is 35.5. The smallest absolute Gasteiger partial charge is 0.234 e. The van der Waals surface area contributed by atoms with Gasteiger partial charge >= 0.3 is 0 Å². The lowest BCUT2D eigenvalue weighted by Crippen LogP contribution is -2.14. The molecule has 0 aliphatic rings. The van der Waals surface area contributed by atoms with Crippen LogP contribution < -0.4 is 11.1 Å². The van der Waals surface area contributed by atoms with Crippen molar-refractivity contribution >= 4 is 40.6 Å². The van der Waals surface area contributed by atoms with E-state index in [0.29, 0.717) is 11.4 Å². The number of nitrogens with two attached hydrogens (primary N) is 1. The molecular weight excluding hydrogens is 311 g/mol. The lowest BCUT2D eigenvalue weighted by molar-refractivity contribution is -0.113. The molecule has 0 unspecified atom stereocenters. The number of aryl methyl sites for hydroxylation is 1. The Morgan fingerprint density at radius 2 is 2.14 bits per heavy atom. The Morgan fingerprint density at radius 1 is 1.38 bits per heavy atom. The van der Waals surface area contributed by atoms with Crippen molar-refractivity contribution in [3.63, 3.8) is 0 Å². The van der Waals surface area contributed by atoms with Crippen LogP contribution in [0.15, 0.2) is 41.3 Å². The normalized spacial score (nSPS) is 10.4. The van der Waals surface area contributed by atoms with E-state index in [0.717, 1.165) is 10.5 Å². The average Bonchev–Trinajstić information content (AvgIpc) is 2.44. The minimum absolute atomic E-state index is 0.0246. The number of thioether (sulfide) groups is 1. The van der Waals surface area contributed by atoms with Gasteiger partial charge in [-0.25, -0.2) is 4.39 Å². The number of amides is 1. The Bertz CT molecular complexity index is 679. The molecule has 6 heteroatoms. The molecule has 0 radical (unpaired) electrons. The van der Waals surface area contributed by atoms with Crippen LogP contribution in [-0.4, -0.2) is 11.7 Å². The van der Waals surface area contributed by atoms with Crippen LogP contribution in [0.1, 0.15) is 5.56 Å². The number of nitrogen functional groups attached to an aromatic ring is 1. The summed E-state index contributed by atoms with van der Waals surface area (Å²) in [5.41, 5.74) is 8.07. The second-order valence-electron chi connectivity index (χ2n) is 4.45. The Hall–Kier alpha value is -1.72. The first-order valence-electron chi connectivity index (χ1n) is 6.20. The molecule has 110 valence electrons. The molecule has 21 heavy (non-hydrogen) atoms. The second kappa shape index (κ2) is 6.83. The molecule has 0 aromatic heterocycles. The third-order valence-electron chi connectivity index (χ3n) is 2.85. The molecule has 0 aliphatic heterocycles. The van der Waals surface area contributed by atoms with Gasteiger partial charge in [-0.3, -0.25) is 4.79 Å². The maximum atomic E-state index is 13.0. The standard InChI is InChI=1S/C15H14ClFN2OS/c1-9-3-2-4-13(15(9)18)21-8-14(20)19-10-5-6-12(17)11(16)7-10/h2-7H,8,18H2,1H3,(H,19,20). The van der Waals surface area contributed by atoms with Crippen LogP contribution in [0.25, 0.3) is 0 Å². The predicted octanol–water partition coefficient (Wildman–Crippen LogP) is 4.10. The minimum atomic E-state index is -0.517. The van der Waals surface area contributed by atoms with Crippen LogP contribution in [0.2, 0.25) is 5.02 Å². The molecule has 0 aliphatic carbocycles. The fraction of sp³-hybridized carbons (Fsp3) is 0.133. The summed E-state index contributed by atoms with van der Waals surface area (Å²) in [6, 6.07) is 9.73. The Morgan fingerprint density at radius 3 is 2.86 bits per heavy atom. The van der Waals surface area contributed by atoms with Crippen LogP contribution in [0.3, 0.4) is 0 Å². The van der Waals surface area contributed by atoms with Gasteiger partial charge in [-0.05, 0) is 36.8 Å². The topological polar surface area (TPSA) is 55.1 Å². The lowest BCUT2D eigenvalue weighted by atomic mass is 10.2. The van der Waals surface area contributed by atoms with Crippen LogP contribution in [0, 0.1) is 12.7 Å². The van der Waals surface area contributed by atoms with Crippen LogP contribution in [0.4, 0.5) is 15.8 Å². The molecule has 0 fully saturated rings. The number of anilines is 2. The summed E-state index contributed by atoms with van der Waals surface area (Å²) >= 11 is 7.01. The molecule has 1 amide bonds. The molecule has 0 spiro atoms. The van der Waals surface area contributed by atoms with E-state index in [4.69, 9.17) is 17.3 Å². The van der Waals surface area contributed by atoms with Crippen molar-refractivity contribution in [3.05, 3.63) is 52.8 Å². The van der Waals surface area contributed by atoms with Gasteiger partial charge in [-0.1, -0.05) is 23.7 Å². The van der Waals surface area contributed by atoms with Gasteiger partial charge in [-0.2, -0.15) is 0 Å². The van der Waals surface area contributed by atoms with E-state index in [1.807, 2.05) is 25.1 Å². The third-order valence-corrected chi connectivity index (χ3v) is 4.21. The van der Waals surface area contributed by atoms with E-state index < -0.39 is 5.82 Å². The van der Waals surface area contributed by atoms with E-state index >= 15 is 0 Å². The summed E-state index contributed by atoms with van der Waals surface area (Å²) < 4.78 is 13.0. The fourth-order valence-electron chi connectivity index (χ4n) is 1.69. The maximum Gasteiger partial charge on any atom is 0.234 e. The Balaban J connectivity index is 1.96. The van der Waals surface area contributed by atoms with Crippen molar-refractivity contribution in [3.8, 4) is 0 Å². The van der Waals surface area contributed by atoms with E-state index in [-0.39, 0.29) is 16.7 Å². The predicted molar refractivity (Wildman–Crippen MR) is 86.4 cm³/mol. The van der Waals surface area contributed by atoms with Crippen molar-refractivity contribution in [1.82, 2.24) is 0 Å². The molecule has 0 saturated carbocycles. The number of rotatable bonds is 4. The van der Waals surface area contributed by atoms with Crippen molar-refractivity contribution in [2.24, 2.45) is 0 Å². The van der Waals surface area contributed by atoms with Gasteiger partial charge in [0.25, 0.3) is 0 Å². The first-order chi connectivity index (χ1) is 9.97. The zero-order chi connectivity index (χ0) is 15.4. The van der Waals surface area contributed by atoms with Gasteiger partial charge in [0.1, 0.15) is 5.82 Å². The monoisotopic (exact) mass is 324 g/mol. The summed E-state index contributed by atoms with van der Waals surface area (Å²) in [5, 5.41) is 2.64. The molecule has 2 rings (SSSR count). The molecular formula is C15H14ClFN2OS. The molecule has 3 nitrogen and oxygen atoms in total. The van der Waals surface area contributed by atoms with E-state index in [1.54, 1.807) is 0 Å². The van der Waals surface area contributed by atoms with Gasteiger partial charge in [0, 0.05) is 16.3 Å². The summed E-state index contributed by atoms with van der Waals surface area (Å²) in [7, 11) is 0. The minimum Gasteiger partial charge on any atom is -0.398 e. The first kappa shape index (κ1) is 15.7. The van der Waals surface area contributed by atoms with Crippen LogP contribution >= 0.6 is 23.4 Å². The Labute approximate surface area is 131 Å². The Kier molecular flexibility index (Phi) is 5.09. The SMILES string of the molecule is Cc1cccc(SCC(=O)Nc2ccc(F)c(Cl)c2)c1N. The summed E-state index contributed by atoms with van der Waals surface area (Å²) in [6.45, 7) is 1.92. The van der Waals surface area contributed by atoms with E-state index in [9.17, 15) is 9.18 Å². The number of hydrogen-bond donors (Lipinski definition) is 2. The number of halogens is 2. The number of nitrogens with one attached hydrogen (secondary N) is 1. The van der Waals surface area contributed by atoms with Crippen molar-refractivity contribution in [2.45, 2.75) is 11.8 Å². The third kappa shape index (κ3) is 4.12. The number of benzene rings is 2. The molecule has 2 aromatic rings. The van der Waals surface area contributed by atoms with Gasteiger partial charge in [0.2, 0.25) is 5.91 Å². The quantitative estimate of drug-likeness (QED) is 0.657. The van der Waals surface area contributed by atoms with Gasteiger partial charge in [-0.15, -0.1) is 11.8 Å². The van der Waals surface area contributed by atoms with Gasteiger partial charge < -0.3 is 11.1 Å². The van der Waals surface area contributed by atoms with Crippen molar-refractivity contribution < 1.29 is 9.18 Å². The summed E-state index contributed by atoms with van der Waals surface area (Å²) in [5.74, 6) is -0.511. The molecule has 0 heterocycles. The van der Waals surface area contributed by atoms with Gasteiger partial charge in [0.15, 0.2) is 0 Å². The fourth-order valence-corrected chi connectivity index (χ4v) is 2.72. The second-order valence-corrected chi connectivity index (χ2v) is 5.88. The average molecular weight is 325 g/mol. The number of para-hydroxylation sites is 1. The first-order valence-corrected chi connectivity index (χ1v) is 7.56. The molecule has 0 atom stereocenters. The van der Waals surface area contributed by atoms with Gasteiger partial charge in [0.05, 0.1) is 10.8 Å². The van der Waals surface area contributed by atoms with Crippen LogP contribution in [-0.2, 0) is 4.79 Å². The highest BCUT2D eigenvalue weighted by Crippen LogP contribution is 2.27. The lowest BCUT2D eigenvalue weighted by Gasteiger charge is -2.08.